The van der Waals surface area contributed by atoms with Crippen LogP contribution in [0.25, 0.3) is 11.3 Å². The lowest BCUT2D eigenvalue weighted by molar-refractivity contribution is -0.137. The molecule has 2 rings (SSSR count). The normalized spacial score (nSPS) is 11.6. The van der Waals surface area contributed by atoms with E-state index in [1.165, 1.54) is 6.07 Å². The minimum Gasteiger partial charge on any atom is -0.252 e. The molecule has 0 saturated carbocycles. The third-order valence-electron chi connectivity index (χ3n) is 2.74. The number of rotatable bonds is 1. The molecule has 1 aromatic carbocycles. The number of hydrogen-bond acceptors (Lipinski definition) is 1. The van der Waals surface area contributed by atoms with Gasteiger partial charge in [0.15, 0.2) is 0 Å². The Morgan fingerprint density at radius 3 is 2.22 bits per heavy atom. The molecule has 0 aliphatic carbocycles. The summed E-state index contributed by atoms with van der Waals surface area (Å²) in [4.78, 5) is 4.05. The van der Waals surface area contributed by atoms with Gasteiger partial charge in [-0.1, -0.05) is 24.3 Å². The molecule has 18 heavy (non-hydrogen) atoms. The average molecular weight is 251 g/mol. The monoisotopic (exact) mass is 251 g/mol. The van der Waals surface area contributed by atoms with Crippen molar-refractivity contribution in [3.05, 3.63) is 53.2 Å². The van der Waals surface area contributed by atoms with Gasteiger partial charge in [0.25, 0.3) is 0 Å². The van der Waals surface area contributed by atoms with Crippen molar-refractivity contribution in [2.45, 2.75) is 20.0 Å². The molecular formula is C14H12F3N. The summed E-state index contributed by atoms with van der Waals surface area (Å²) in [7, 11) is 0. The second kappa shape index (κ2) is 4.44. The Bertz CT molecular complexity index is 573. The summed E-state index contributed by atoms with van der Waals surface area (Å²) in [6, 6.07) is 9.41. The van der Waals surface area contributed by atoms with Crippen molar-refractivity contribution in [1.29, 1.82) is 0 Å². The highest BCUT2D eigenvalue weighted by atomic mass is 19.4. The maximum atomic E-state index is 13.0. The van der Waals surface area contributed by atoms with E-state index in [9.17, 15) is 13.2 Å². The number of hydrogen-bond donors (Lipinski definition) is 0. The molecule has 0 atom stereocenters. The van der Waals surface area contributed by atoms with Gasteiger partial charge < -0.3 is 0 Å². The Balaban J connectivity index is 2.70. The number of halogens is 3. The number of alkyl halides is 3. The van der Waals surface area contributed by atoms with E-state index >= 15 is 0 Å². The van der Waals surface area contributed by atoms with Crippen molar-refractivity contribution in [3.63, 3.8) is 0 Å². The van der Waals surface area contributed by atoms with Crippen LogP contribution in [0.5, 0.6) is 0 Å². The van der Waals surface area contributed by atoms with E-state index in [1.54, 1.807) is 38.1 Å². The third kappa shape index (κ3) is 2.37. The van der Waals surface area contributed by atoms with Crippen LogP contribution in [0.1, 0.15) is 16.8 Å². The first-order valence-electron chi connectivity index (χ1n) is 5.50. The summed E-state index contributed by atoms with van der Waals surface area (Å²) < 4.78 is 38.9. The lowest BCUT2D eigenvalue weighted by Gasteiger charge is -2.14. The molecule has 0 aliphatic heterocycles. The second-order valence-electron chi connectivity index (χ2n) is 4.16. The molecule has 4 heteroatoms. The third-order valence-corrected chi connectivity index (χ3v) is 2.74. The Morgan fingerprint density at radius 1 is 0.944 bits per heavy atom. The molecular weight excluding hydrogens is 239 g/mol. The molecule has 1 heterocycles. The number of pyridine rings is 1. The van der Waals surface area contributed by atoms with E-state index in [1.807, 2.05) is 0 Å². The van der Waals surface area contributed by atoms with E-state index in [0.717, 1.165) is 11.6 Å². The minimum atomic E-state index is -4.39. The zero-order valence-corrected chi connectivity index (χ0v) is 10.0. The van der Waals surface area contributed by atoms with Crippen LogP contribution in [0.15, 0.2) is 36.4 Å². The van der Waals surface area contributed by atoms with E-state index in [2.05, 4.69) is 4.98 Å². The number of aryl methyl sites for hydroxylation is 2. The molecule has 0 N–H and O–H groups in total. The number of nitrogens with zero attached hydrogens (tertiary/aromatic N) is 1. The molecule has 0 fully saturated rings. The van der Waals surface area contributed by atoms with E-state index in [-0.39, 0.29) is 5.69 Å². The van der Waals surface area contributed by atoms with Crippen LogP contribution in [-0.2, 0) is 6.18 Å². The molecule has 0 unspecified atom stereocenters. The van der Waals surface area contributed by atoms with Crippen LogP contribution in [0, 0.1) is 13.8 Å². The van der Waals surface area contributed by atoms with Crippen molar-refractivity contribution in [3.8, 4) is 11.3 Å². The Morgan fingerprint density at radius 2 is 1.61 bits per heavy atom. The Kier molecular flexibility index (Phi) is 3.11. The highest BCUT2D eigenvalue weighted by Gasteiger charge is 2.34. The highest BCUT2D eigenvalue weighted by Crippen LogP contribution is 2.36. The SMILES string of the molecule is Cc1ccc(C(F)(F)F)c(-c2ccccc2C)n1. The van der Waals surface area contributed by atoms with Crippen molar-refractivity contribution in [1.82, 2.24) is 4.98 Å². The predicted octanol–water partition coefficient (Wildman–Crippen LogP) is 4.38. The first-order valence-corrected chi connectivity index (χ1v) is 5.50. The summed E-state index contributed by atoms with van der Waals surface area (Å²) in [5.41, 5.74) is 1.18. The molecule has 0 amide bonds. The number of aromatic nitrogens is 1. The Hall–Kier alpha value is -1.84. The fourth-order valence-electron chi connectivity index (χ4n) is 1.83. The van der Waals surface area contributed by atoms with Crippen LogP contribution in [0.2, 0.25) is 0 Å². The summed E-state index contributed by atoms with van der Waals surface area (Å²) >= 11 is 0. The number of benzene rings is 1. The standard InChI is InChI=1S/C14H12F3N/c1-9-5-3-4-6-11(9)13-12(14(15,16)17)8-7-10(2)18-13/h3-8H,1-2H3. The van der Waals surface area contributed by atoms with Gasteiger partial charge >= 0.3 is 6.18 Å². The minimum absolute atomic E-state index is 0.000556. The van der Waals surface area contributed by atoms with Gasteiger partial charge in [-0.25, -0.2) is 0 Å². The fraction of sp³-hybridized carbons (Fsp3) is 0.214. The quantitative estimate of drug-likeness (QED) is 0.732. The smallest absolute Gasteiger partial charge is 0.252 e. The molecule has 0 bridgehead atoms. The maximum absolute atomic E-state index is 13.0. The van der Waals surface area contributed by atoms with Gasteiger partial charge in [-0.3, -0.25) is 4.98 Å². The summed E-state index contributed by atoms with van der Waals surface area (Å²) in [5.74, 6) is 0. The molecule has 1 nitrogen and oxygen atoms in total. The molecule has 2 aromatic rings. The van der Waals surface area contributed by atoms with Gasteiger partial charge in [0.2, 0.25) is 0 Å². The van der Waals surface area contributed by atoms with Gasteiger partial charge in [0.05, 0.1) is 11.3 Å². The molecule has 94 valence electrons. The molecule has 0 saturated heterocycles. The zero-order valence-electron chi connectivity index (χ0n) is 10.0. The molecule has 0 radical (unpaired) electrons. The Labute approximate surface area is 103 Å². The van der Waals surface area contributed by atoms with Crippen LogP contribution in [0.4, 0.5) is 13.2 Å². The van der Waals surface area contributed by atoms with Crippen LogP contribution < -0.4 is 0 Å². The van der Waals surface area contributed by atoms with E-state index in [0.29, 0.717) is 11.3 Å². The van der Waals surface area contributed by atoms with Gasteiger partial charge in [0.1, 0.15) is 0 Å². The van der Waals surface area contributed by atoms with Crippen molar-refractivity contribution < 1.29 is 13.2 Å². The first kappa shape index (κ1) is 12.6. The molecule has 0 aliphatic rings. The van der Waals surface area contributed by atoms with Crippen LogP contribution >= 0.6 is 0 Å². The van der Waals surface area contributed by atoms with Crippen molar-refractivity contribution in [2.75, 3.05) is 0 Å². The van der Waals surface area contributed by atoms with Gasteiger partial charge in [-0.05, 0) is 31.5 Å². The van der Waals surface area contributed by atoms with Gasteiger partial charge in [-0.15, -0.1) is 0 Å². The average Bonchev–Trinajstić information content (AvgIpc) is 2.27. The zero-order chi connectivity index (χ0) is 13.3. The van der Waals surface area contributed by atoms with Crippen molar-refractivity contribution in [2.24, 2.45) is 0 Å². The first-order chi connectivity index (χ1) is 8.39. The maximum Gasteiger partial charge on any atom is 0.418 e. The lowest BCUT2D eigenvalue weighted by Crippen LogP contribution is -2.09. The summed E-state index contributed by atoms with van der Waals surface area (Å²) in [5, 5.41) is 0. The molecule has 0 spiro atoms. The lowest BCUT2D eigenvalue weighted by atomic mass is 10.0. The van der Waals surface area contributed by atoms with Crippen molar-refractivity contribution >= 4 is 0 Å². The largest absolute Gasteiger partial charge is 0.418 e. The highest BCUT2D eigenvalue weighted by molar-refractivity contribution is 5.67. The molecule has 1 aromatic heterocycles. The topological polar surface area (TPSA) is 12.9 Å². The second-order valence-corrected chi connectivity index (χ2v) is 4.16. The summed E-state index contributed by atoms with van der Waals surface area (Å²) in [6.45, 7) is 3.46. The van der Waals surface area contributed by atoms with E-state index < -0.39 is 11.7 Å². The van der Waals surface area contributed by atoms with Crippen LogP contribution in [-0.4, -0.2) is 4.98 Å². The van der Waals surface area contributed by atoms with E-state index in [4.69, 9.17) is 0 Å². The fourth-order valence-corrected chi connectivity index (χ4v) is 1.83. The summed E-state index contributed by atoms with van der Waals surface area (Å²) in [6.07, 6.45) is -4.39. The predicted molar refractivity (Wildman–Crippen MR) is 64.1 cm³/mol. The van der Waals surface area contributed by atoms with Crippen LogP contribution in [0.3, 0.4) is 0 Å². The van der Waals surface area contributed by atoms with Gasteiger partial charge in [-0.2, -0.15) is 13.2 Å². The van der Waals surface area contributed by atoms with Gasteiger partial charge in [0, 0.05) is 11.3 Å².